The van der Waals surface area contributed by atoms with Crippen LogP contribution in [0.4, 0.5) is 0 Å². The molecule has 1 amide bonds. The number of amides is 1. The molecule has 5 nitrogen and oxygen atoms in total. The van der Waals surface area contributed by atoms with E-state index in [1.165, 1.54) is 0 Å². The summed E-state index contributed by atoms with van der Waals surface area (Å²) in [5.41, 5.74) is 0. The van der Waals surface area contributed by atoms with Crippen molar-refractivity contribution in [1.82, 2.24) is 15.5 Å². The predicted octanol–water partition coefficient (Wildman–Crippen LogP) is -0.442. The zero-order valence-corrected chi connectivity index (χ0v) is 9.55. The first-order valence-electron chi connectivity index (χ1n) is 5.17. The molecule has 86 valence electrons. The van der Waals surface area contributed by atoms with E-state index in [9.17, 15) is 4.79 Å². The second-order valence-corrected chi connectivity index (χ2v) is 3.45. The lowest BCUT2D eigenvalue weighted by molar-refractivity contribution is -0.121. The van der Waals surface area contributed by atoms with E-state index in [0.717, 1.165) is 19.5 Å². The van der Waals surface area contributed by atoms with Gasteiger partial charge in [-0.05, 0) is 33.6 Å². The summed E-state index contributed by atoms with van der Waals surface area (Å²) in [5.74, 6) is -0.0165. The van der Waals surface area contributed by atoms with E-state index < -0.39 is 0 Å². The van der Waals surface area contributed by atoms with E-state index in [1.807, 2.05) is 25.1 Å². The van der Waals surface area contributed by atoms with Gasteiger partial charge < -0.3 is 10.6 Å². The molecule has 2 N–H and O–H groups in total. The van der Waals surface area contributed by atoms with Gasteiger partial charge in [0.05, 0.1) is 19.0 Å². The van der Waals surface area contributed by atoms with Crippen molar-refractivity contribution in [2.45, 2.75) is 12.8 Å². The summed E-state index contributed by atoms with van der Waals surface area (Å²) in [6.07, 6.45) is 1.40. The van der Waals surface area contributed by atoms with Gasteiger partial charge in [0.25, 0.3) is 0 Å². The van der Waals surface area contributed by atoms with Crippen LogP contribution in [0.3, 0.4) is 0 Å². The zero-order valence-electron chi connectivity index (χ0n) is 9.55. The Kier molecular flexibility index (Phi) is 8.73. The molecule has 0 heterocycles. The molecule has 0 fully saturated rings. The average Bonchev–Trinajstić information content (AvgIpc) is 2.18. The molecule has 0 aliphatic heterocycles. The van der Waals surface area contributed by atoms with Crippen LogP contribution in [0.15, 0.2) is 0 Å². The van der Waals surface area contributed by atoms with Crippen molar-refractivity contribution in [3.8, 4) is 6.07 Å². The molecule has 0 aliphatic carbocycles. The lowest BCUT2D eigenvalue weighted by Gasteiger charge is -2.15. The number of rotatable bonds is 8. The summed E-state index contributed by atoms with van der Waals surface area (Å²) in [6, 6.07) is 1.98. The van der Waals surface area contributed by atoms with E-state index in [-0.39, 0.29) is 5.91 Å². The van der Waals surface area contributed by atoms with Crippen molar-refractivity contribution in [3.63, 3.8) is 0 Å². The Bertz CT molecular complexity index is 212. The molecule has 0 aliphatic rings. The molecule has 0 saturated heterocycles. The summed E-state index contributed by atoms with van der Waals surface area (Å²) < 4.78 is 0. The molecule has 0 unspecified atom stereocenters. The molecule has 0 saturated carbocycles. The molecule has 0 aromatic carbocycles. The van der Waals surface area contributed by atoms with Crippen molar-refractivity contribution in [3.05, 3.63) is 0 Å². The minimum Gasteiger partial charge on any atom is -0.354 e. The summed E-state index contributed by atoms with van der Waals surface area (Å²) in [6.45, 7) is 2.70. The van der Waals surface area contributed by atoms with Gasteiger partial charge in [0.1, 0.15) is 0 Å². The zero-order chi connectivity index (χ0) is 11.5. The van der Waals surface area contributed by atoms with E-state index in [4.69, 9.17) is 5.26 Å². The highest BCUT2D eigenvalue weighted by Crippen LogP contribution is 1.86. The van der Waals surface area contributed by atoms with Crippen LogP contribution in [0.1, 0.15) is 12.8 Å². The molecular weight excluding hydrogens is 192 g/mol. The largest absolute Gasteiger partial charge is 0.354 e. The minimum absolute atomic E-state index is 0.0165. The van der Waals surface area contributed by atoms with Crippen LogP contribution < -0.4 is 10.6 Å². The lowest BCUT2D eigenvalue weighted by Crippen LogP contribution is -2.36. The third-order valence-corrected chi connectivity index (χ3v) is 1.94. The number of hydrogen-bond donors (Lipinski definition) is 2. The van der Waals surface area contributed by atoms with Crippen LogP contribution in [-0.4, -0.2) is 51.1 Å². The molecular formula is C10H20N4O. The SMILES string of the molecule is CNCCCN(C)CC(=O)NCCC#N. The van der Waals surface area contributed by atoms with Gasteiger partial charge in [-0.1, -0.05) is 0 Å². The molecule has 0 aromatic heterocycles. The molecule has 0 aromatic rings. The molecule has 0 bridgehead atoms. The third-order valence-electron chi connectivity index (χ3n) is 1.94. The summed E-state index contributed by atoms with van der Waals surface area (Å²) in [5, 5.41) is 14.0. The van der Waals surface area contributed by atoms with Gasteiger partial charge >= 0.3 is 0 Å². The normalized spacial score (nSPS) is 10.0. The minimum atomic E-state index is -0.0165. The fourth-order valence-electron chi connectivity index (χ4n) is 1.16. The van der Waals surface area contributed by atoms with E-state index >= 15 is 0 Å². The smallest absolute Gasteiger partial charge is 0.234 e. The average molecular weight is 212 g/mol. The number of hydrogen-bond acceptors (Lipinski definition) is 4. The van der Waals surface area contributed by atoms with E-state index in [2.05, 4.69) is 10.6 Å². The first-order chi connectivity index (χ1) is 7.20. The van der Waals surface area contributed by atoms with Crippen molar-refractivity contribution >= 4 is 5.91 Å². The van der Waals surface area contributed by atoms with Gasteiger partial charge in [-0.2, -0.15) is 5.26 Å². The number of carbonyl (C=O) groups is 1. The molecule has 0 atom stereocenters. The van der Waals surface area contributed by atoms with Gasteiger partial charge in [0.2, 0.25) is 5.91 Å². The standard InChI is InChI=1S/C10H20N4O/c1-12-6-4-8-14(2)9-10(15)13-7-3-5-11/h12H,3-4,6-9H2,1-2H3,(H,13,15). The van der Waals surface area contributed by atoms with Crippen molar-refractivity contribution in [2.24, 2.45) is 0 Å². The second kappa shape index (κ2) is 9.44. The Morgan fingerprint density at radius 1 is 1.47 bits per heavy atom. The first-order valence-corrected chi connectivity index (χ1v) is 5.17. The number of carbonyl (C=O) groups excluding carboxylic acids is 1. The quantitative estimate of drug-likeness (QED) is 0.535. The van der Waals surface area contributed by atoms with Crippen molar-refractivity contribution in [2.75, 3.05) is 40.3 Å². The van der Waals surface area contributed by atoms with E-state index in [1.54, 1.807) is 0 Å². The van der Waals surface area contributed by atoms with Gasteiger partial charge in [0.15, 0.2) is 0 Å². The van der Waals surface area contributed by atoms with Crippen LogP contribution in [0.25, 0.3) is 0 Å². The van der Waals surface area contributed by atoms with Gasteiger partial charge in [-0.3, -0.25) is 9.69 Å². The summed E-state index contributed by atoms with van der Waals surface area (Å²) in [4.78, 5) is 13.3. The Balaban J connectivity index is 3.45. The predicted molar refractivity (Wildman–Crippen MR) is 59.3 cm³/mol. The summed E-state index contributed by atoms with van der Waals surface area (Å²) in [7, 11) is 3.83. The number of nitriles is 1. The maximum atomic E-state index is 11.3. The first kappa shape index (κ1) is 13.9. The Hall–Kier alpha value is -1.12. The monoisotopic (exact) mass is 212 g/mol. The Morgan fingerprint density at radius 2 is 2.20 bits per heavy atom. The van der Waals surface area contributed by atoms with Crippen LogP contribution in [0, 0.1) is 11.3 Å². The molecule has 0 rings (SSSR count). The van der Waals surface area contributed by atoms with Gasteiger partial charge in [-0.25, -0.2) is 0 Å². The second-order valence-electron chi connectivity index (χ2n) is 3.45. The number of nitrogens with zero attached hydrogens (tertiary/aromatic N) is 2. The fourth-order valence-corrected chi connectivity index (χ4v) is 1.16. The number of likely N-dealkylation sites (N-methyl/N-ethyl adjacent to an activating group) is 1. The van der Waals surface area contributed by atoms with Gasteiger partial charge in [0, 0.05) is 6.54 Å². The molecule has 0 spiro atoms. The van der Waals surface area contributed by atoms with Crippen LogP contribution in [0.2, 0.25) is 0 Å². The summed E-state index contributed by atoms with van der Waals surface area (Å²) >= 11 is 0. The van der Waals surface area contributed by atoms with Crippen LogP contribution >= 0.6 is 0 Å². The Labute approximate surface area is 91.4 Å². The molecule has 5 heteroatoms. The molecule has 15 heavy (non-hydrogen) atoms. The lowest BCUT2D eigenvalue weighted by atomic mass is 10.3. The van der Waals surface area contributed by atoms with E-state index in [0.29, 0.717) is 19.5 Å². The van der Waals surface area contributed by atoms with Crippen molar-refractivity contribution in [1.29, 1.82) is 5.26 Å². The van der Waals surface area contributed by atoms with Crippen LogP contribution in [0.5, 0.6) is 0 Å². The third kappa shape index (κ3) is 9.19. The van der Waals surface area contributed by atoms with Crippen molar-refractivity contribution < 1.29 is 4.79 Å². The fraction of sp³-hybridized carbons (Fsp3) is 0.800. The van der Waals surface area contributed by atoms with Gasteiger partial charge in [-0.15, -0.1) is 0 Å². The molecule has 0 radical (unpaired) electrons. The highest BCUT2D eigenvalue weighted by atomic mass is 16.2. The maximum absolute atomic E-state index is 11.3. The number of nitrogens with one attached hydrogen (secondary N) is 2. The highest BCUT2D eigenvalue weighted by Gasteiger charge is 2.04. The van der Waals surface area contributed by atoms with Crippen LogP contribution in [-0.2, 0) is 4.79 Å². The maximum Gasteiger partial charge on any atom is 0.234 e. The topological polar surface area (TPSA) is 68.2 Å². The Morgan fingerprint density at radius 3 is 2.80 bits per heavy atom. The highest BCUT2D eigenvalue weighted by molar-refractivity contribution is 5.77.